The number of hydrogen-bond acceptors (Lipinski definition) is 5. The quantitative estimate of drug-likeness (QED) is 0.562. The van der Waals surface area contributed by atoms with Gasteiger partial charge in [-0.25, -0.2) is 0 Å². The van der Waals surface area contributed by atoms with Gasteiger partial charge in [-0.15, -0.1) is 0 Å². The number of hydrogen-bond donors (Lipinski definition) is 4. The molecular weight excluding hydrogens is 350 g/mol. The van der Waals surface area contributed by atoms with Crippen molar-refractivity contribution < 1.29 is 30.0 Å². The van der Waals surface area contributed by atoms with Gasteiger partial charge in [-0.2, -0.15) is 0 Å². The standard InChI is InChI=1S/C20H23NO6/c1-12-3-5-17(22)14(7-12)10-21(16(20(26)27)9-19(24)25)11-15-8-13(2)4-6-18(15)23/h3-8,16,22-23H,9-11H2,1-2H3,(H,24,25)(H,26,27). The van der Waals surface area contributed by atoms with Gasteiger partial charge in [-0.05, 0) is 26.0 Å². The number of nitrogens with zero attached hydrogens (tertiary/aromatic N) is 1. The number of aliphatic carboxylic acids is 2. The number of carbonyl (C=O) groups is 2. The molecule has 0 aliphatic carbocycles. The third kappa shape index (κ3) is 5.46. The molecule has 0 aliphatic rings. The molecule has 0 radical (unpaired) electrons. The lowest BCUT2D eigenvalue weighted by Gasteiger charge is -2.29. The molecule has 0 spiro atoms. The predicted molar refractivity (Wildman–Crippen MR) is 98.6 cm³/mol. The van der Waals surface area contributed by atoms with E-state index in [9.17, 15) is 24.9 Å². The Morgan fingerprint density at radius 3 is 1.70 bits per heavy atom. The molecular formula is C20H23NO6. The average molecular weight is 373 g/mol. The van der Waals surface area contributed by atoms with Crippen molar-refractivity contribution in [3.63, 3.8) is 0 Å². The largest absolute Gasteiger partial charge is 0.508 e. The summed E-state index contributed by atoms with van der Waals surface area (Å²) in [6.45, 7) is 3.72. The van der Waals surface area contributed by atoms with Crippen molar-refractivity contribution in [1.29, 1.82) is 0 Å². The summed E-state index contributed by atoms with van der Waals surface area (Å²) in [7, 11) is 0. The van der Waals surface area contributed by atoms with Gasteiger partial charge in [0.25, 0.3) is 0 Å². The lowest BCUT2D eigenvalue weighted by molar-refractivity contribution is -0.150. The topological polar surface area (TPSA) is 118 Å². The summed E-state index contributed by atoms with van der Waals surface area (Å²) in [6, 6.07) is 8.60. The van der Waals surface area contributed by atoms with Crippen LogP contribution in [0.3, 0.4) is 0 Å². The first-order chi connectivity index (χ1) is 12.7. The van der Waals surface area contributed by atoms with Crippen molar-refractivity contribution in [2.45, 2.75) is 39.4 Å². The molecule has 1 unspecified atom stereocenters. The van der Waals surface area contributed by atoms with Crippen LogP contribution < -0.4 is 0 Å². The summed E-state index contributed by atoms with van der Waals surface area (Å²) in [4.78, 5) is 24.3. The van der Waals surface area contributed by atoms with Crippen molar-refractivity contribution in [1.82, 2.24) is 4.90 Å². The van der Waals surface area contributed by atoms with Crippen molar-refractivity contribution in [3.05, 3.63) is 58.7 Å². The number of phenolic OH excluding ortho intramolecular Hbond substituents is 2. The molecule has 0 heterocycles. The summed E-state index contributed by atoms with van der Waals surface area (Å²) in [6.07, 6.45) is -0.603. The number of aromatic hydroxyl groups is 2. The highest BCUT2D eigenvalue weighted by Crippen LogP contribution is 2.26. The highest BCUT2D eigenvalue weighted by atomic mass is 16.4. The molecule has 7 nitrogen and oxygen atoms in total. The molecule has 0 saturated carbocycles. The first-order valence-electron chi connectivity index (χ1n) is 8.43. The van der Waals surface area contributed by atoms with Gasteiger partial charge in [-0.1, -0.05) is 35.4 Å². The molecule has 1 atom stereocenters. The molecule has 2 rings (SSSR count). The van der Waals surface area contributed by atoms with Crippen molar-refractivity contribution in [2.24, 2.45) is 0 Å². The second kappa shape index (κ2) is 8.55. The molecule has 7 heteroatoms. The molecule has 0 saturated heterocycles. The highest BCUT2D eigenvalue weighted by molar-refractivity contribution is 5.80. The molecule has 0 aliphatic heterocycles. The Morgan fingerprint density at radius 1 is 0.889 bits per heavy atom. The fraction of sp³-hybridized carbons (Fsp3) is 0.300. The third-order valence-corrected chi connectivity index (χ3v) is 4.31. The van der Waals surface area contributed by atoms with Crippen LogP contribution in [0.25, 0.3) is 0 Å². The van der Waals surface area contributed by atoms with Crippen LogP contribution in [-0.2, 0) is 22.7 Å². The van der Waals surface area contributed by atoms with Crippen LogP contribution in [0.1, 0.15) is 28.7 Å². The average Bonchev–Trinajstić information content (AvgIpc) is 2.58. The van der Waals surface area contributed by atoms with Crippen molar-refractivity contribution >= 4 is 11.9 Å². The summed E-state index contributed by atoms with van der Waals surface area (Å²) >= 11 is 0. The van der Waals surface area contributed by atoms with Crippen LogP contribution >= 0.6 is 0 Å². The summed E-state index contributed by atoms with van der Waals surface area (Å²) in [5.74, 6) is -2.52. The van der Waals surface area contributed by atoms with E-state index in [2.05, 4.69) is 0 Å². The Morgan fingerprint density at radius 2 is 1.33 bits per heavy atom. The van der Waals surface area contributed by atoms with Crippen LogP contribution in [0.5, 0.6) is 11.5 Å². The minimum absolute atomic E-state index is 0.00136. The Labute approximate surface area is 157 Å². The van der Waals surface area contributed by atoms with Gasteiger partial charge in [-0.3, -0.25) is 14.5 Å². The number of carboxylic acids is 2. The van der Waals surface area contributed by atoms with Crippen LogP contribution in [0.4, 0.5) is 0 Å². The maximum absolute atomic E-state index is 11.7. The Balaban J connectivity index is 2.43. The minimum Gasteiger partial charge on any atom is -0.508 e. The zero-order chi connectivity index (χ0) is 20.1. The van der Waals surface area contributed by atoms with Crippen LogP contribution in [-0.4, -0.2) is 43.3 Å². The first kappa shape index (κ1) is 20.3. The zero-order valence-corrected chi connectivity index (χ0v) is 15.2. The fourth-order valence-electron chi connectivity index (χ4n) is 2.93. The minimum atomic E-state index is -1.32. The van der Waals surface area contributed by atoms with Gasteiger partial charge >= 0.3 is 11.9 Å². The maximum atomic E-state index is 11.7. The molecule has 2 aromatic rings. The molecule has 0 fully saturated rings. The Kier molecular flexibility index (Phi) is 6.41. The number of rotatable bonds is 8. The second-order valence-corrected chi connectivity index (χ2v) is 6.62. The molecule has 0 bridgehead atoms. The lowest BCUT2D eigenvalue weighted by Crippen LogP contribution is -2.41. The summed E-state index contributed by atoms with van der Waals surface area (Å²) in [5, 5.41) is 38.9. The summed E-state index contributed by atoms with van der Waals surface area (Å²) < 4.78 is 0. The SMILES string of the molecule is Cc1ccc(O)c(CN(Cc2cc(C)ccc2O)C(CC(=O)O)C(=O)O)c1. The van der Waals surface area contributed by atoms with E-state index < -0.39 is 24.4 Å². The second-order valence-electron chi connectivity index (χ2n) is 6.62. The van der Waals surface area contributed by atoms with E-state index in [1.807, 2.05) is 13.8 Å². The molecule has 27 heavy (non-hydrogen) atoms. The zero-order valence-electron chi connectivity index (χ0n) is 15.2. The van der Waals surface area contributed by atoms with Gasteiger partial charge in [0.15, 0.2) is 0 Å². The number of phenols is 2. The fourth-order valence-corrected chi connectivity index (χ4v) is 2.93. The molecule has 144 valence electrons. The molecule has 0 aromatic heterocycles. The summed E-state index contributed by atoms with van der Waals surface area (Å²) in [5.41, 5.74) is 2.73. The predicted octanol–water partition coefficient (Wildman–Crippen LogP) is 2.64. The van der Waals surface area contributed by atoms with Gasteiger partial charge in [0.2, 0.25) is 0 Å². The van der Waals surface area contributed by atoms with E-state index in [4.69, 9.17) is 5.11 Å². The van der Waals surface area contributed by atoms with Gasteiger partial charge < -0.3 is 20.4 Å². The number of benzene rings is 2. The Bertz CT molecular complexity index is 795. The van der Waals surface area contributed by atoms with Crippen molar-refractivity contribution in [2.75, 3.05) is 0 Å². The lowest BCUT2D eigenvalue weighted by atomic mass is 10.0. The van der Waals surface area contributed by atoms with E-state index in [1.54, 1.807) is 24.3 Å². The van der Waals surface area contributed by atoms with Crippen LogP contribution in [0.15, 0.2) is 36.4 Å². The van der Waals surface area contributed by atoms with E-state index in [0.717, 1.165) is 11.1 Å². The van der Waals surface area contributed by atoms with Gasteiger partial charge in [0.1, 0.15) is 17.5 Å². The van der Waals surface area contributed by atoms with E-state index >= 15 is 0 Å². The van der Waals surface area contributed by atoms with Crippen molar-refractivity contribution in [3.8, 4) is 11.5 Å². The monoisotopic (exact) mass is 373 g/mol. The molecule has 2 aromatic carbocycles. The normalized spacial score (nSPS) is 12.1. The number of aryl methyl sites for hydroxylation is 2. The van der Waals surface area contributed by atoms with Crippen LogP contribution in [0, 0.1) is 13.8 Å². The maximum Gasteiger partial charge on any atom is 0.321 e. The Hall–Kier alpha value is -3.06. The molecule has 4 N–H and O–H groups in total. The van der Waals surface area contributed by atoms with E-state index in [0.29, 0.717) is 11.1 Å². The molecule has 0 amide bonds. The first-order valence-corrected chi connectivity index (χ1v) is 8.43. The van der Waals surface area contributed by atoms with E-state index in [1.165, 1.54) is 17.0 Å². The third-order valence-electron chi connectivity index (χ3n) is 4.31. The van der Waals surface area contributed by atoms with Gasteiger partial charge in [0, 0.05) is 24.2 Å². The van der Waals surface area contributed by atoms with Gasteiger partial charge in [0.05, 0.1) is 6.42 Å². The smallest absolute Gasteiger partial charge is 0.321 e. The van der Waals surface area contributed by atoms with Crippen LogP contribution in [0.2, 0.25) is 0 Å². The number of carboxylic acid groups (broad SMARTS) is 2. The highest BCUT2D eigenvalue weighted by Gasteiger charge is 2.29. The van der Waals surface area contributed by atoms with E-state index in [-0.39, 0.29) is 24.6 Å².